The molecule has 4 N–H and O–H groups in total. The Kier molecular flexibility index (Phi) is 7.46. The SMILES string of the molecule is Cc1n[nH]c(C)c1-c1ccc(NC(=O)[C@@H](NC(=O)c2ccnn2C)C(c2ccccc2)c2ccccc2)cc1O. The predicted octanol–water partition coefficient (Wildman–Crippen LogP) is 4.70. The largest absolute Gasteiger partial charge is 0.507 e. The molecular formula is C31H30N6O3. The number of aromatic amines is 1. The summed E-state index contributed by atoms with van der Waals surface area (Å²) in [5.41, 5.74) is 5.45. The van der Waals surface area contributed by atoms with Crippen molar-refractivity contribution < 1.29 is 14.7 Å². The van der Waals surface area contributed by atoms with Crippen LogP contribution in [0, 0.1) is 13.8 Å². The standard InChI is InChI=1S/C31H30N6O3/c1-19-27(20(2)36-35-19)24-15-14-23(18-26(24)38)33-31(40)29(34-30(39)25-16-17-32-37(25)3)28(21-10-6-4-7-11-21)22-12-8-5-9-13-22/h4-18,28-29,38H,1-3H3,(H,33,40)(H,34,39)(H,35,36)/t29-/m0/s1. The highest BCUT2D eigenvalue weighted by Gasteiger charge is 2.33. The molecule has 0 aliphatic heterocycles. The highest BCUT2D eigenvalue weighted by molar-refractivity contribution is 6.01. The average Bonchev–Trinajstić information content (AvgIpc) is 3.54. The first-order valence-corrected chi connectivity index (χ1v) is 12.9. The maximum atomic E-state index is 14.0. The summed E-state index contributed by atoms with van der Waals surface area (Å²) in [4.78, 5) is 27.3. The molecule has 2 heterocycles. The molecule has 2 aromatic heterocycles. The van der Waals surface area contributed by atoms with E-state index in [0.717, 1.165) is 28.1 Å². The number of aromatic hydroxyl groups is 1. The molecule has 0 aliphatic carbocycles. The minimum Gasteiger partial charge on any atom is -0.507 e. The molecule has 5 rings (SSSR count). The Hall–Kier alpha value is -5.18. The molecule has 2 amide bonds. The lowest BCUT2D eigenvalue weighted by atomic mass is 9.84. The van der Waals surface area contributed by atoms with Gasteiger partial charge in [0.25, 0.3) is 5.91 Å². The van der Waals surface area contributed by atoms with E-state index in [-0.39, 0.29) is 5.75 Å². The summed E-state index contributed by atoms with van der Waals surface area (Å²) in [6.07, 6.45) is 1.53. The van der Waals surface area contributed by atoms with E-state index in [1.165, 1.54) is 16.9 Å². The third-order valence-corrected chi connectivity index (χ3v) is 6.94. The van der Waals surface area contributed by atoms with Gasteiger partial charge in [-0.25, -0.2) is 0 Å². The topological polar surface area (TPSA) is 125 Å². The number of hydrogen-bond donors (Lipinski definition) is 4. The average molecular weight is 535 g/mol. The minimum absolute atomic E-state index is 0.00328. The normalized spacial score (nSPS) is 11.8. The Bertz CT molecular complexity index is 1580. The second kappa shape index (κ2) is 11.3. The van der Waals surface area contributed by atoms with Crippen LogP contribution in [-0.4, -0.2) is 42.9 Å². The second-order valence-electron chi connectivity index (χ2n) is 9.62. The van der Waals surface area contributed by atoms with Crippen LogP contribution in [0.5, 0.6) is 5.75 Å². The van der Waals surface area contributed by atoms with Crippen LogP contribution in [0.25, 0.3) is 11.1 Å². The number of H-pyrrole nitrogens is 1. The van der Waals surface area contributed by atoms with Gasteiger partial charge in [-0.15, -0.1) is 0 Å². The van der Waals surface area contributed by atoms with Gasteiger partial charge in [-0.2, -0.15) is 10.2 Å². The molecule has 9 nitrogen and oxygen atoms in total. The molecule has 0 aliphatic rings. The predicted molar refractivity (Wildman–Crippen MR) is 153 cm³/mol. The number of nitrogens with zero attached hydrogens (tertiary/aromatic N) is 3. The van der Waals surface area contributed by atoms with Gasteiger partial charge < -0.3 is 15.7 Å². The minimum atomic E-state index is -0.993. The number of carbonyl (C=O) groups excluding carboxylic acids is 2. The summed E-state index contributed by atoms with van der Waals surface area (Å²) < 4.78 is 1.46. The van der Waals surface area contributed by atoms with Gasteiger partial charge in [0, 0.05) is 47.7 Å². The van der Waals surface area contributed by atoms with Crippen LogP contribution in [0.4, 0.5) is 5.69 Å². The zero-order valence-corrected chi connectivity index (χ0v) is 22.4. The highest BCUT2D eigenvalue weighted by Crippen LogP contribution is 2.35. The quantitative estimate of drug-likeness (QED) is 0.230. The van der Waals surface area contributed by atoms with Crippen molar-refractivity contribution in [1.29, 1.82) is 0 Å². The fourth-order valence-corrected chi connectivity index (χ4v) is 5.00. The van der Waals surface area contributed by atoms with Crippen molar-refractivity contribution in [2.45, 2.75) is 25.8 Å². The first-order chi connectivity index (χ1) is 19.3. The molecule has 5 aromatic rings. The van der Waals surface area contributed by atoms with Crippen LogP contribution in [0.2, 0.25) is 0 Å². The Morgan fingerprint density at radius 3 is 2.10 bits per heavy atom. The molecule has 3 aromatic carbocycles. The van der Waals surface area contributed by atoms with Crippen LogP contribution in [-0.2, 0) is 11.8 Å². The Morgan fingerprint density at radius 1 is 0.925 bits per heavy atom. The van der Waals surface area contributed by atoms with Crippen LogP contribution in [0.1, 0.15) is 38.9 Å². The summed E-state index contributed by atoms with van der Waals surface area (Å²) in [5.74, 6) is -1.36. The third-order valence-electron chi connectivity index (χ3n) is 6.94. The molecule has 40 heavy (non-hydrogen) atoms. The van der Waals surface area contributed by atoms with Gasteiger partial charge in [0.2, 0.25) is 5.91 Å². The van der Waals surface area contributed by atoms with Crippen LogP contribution < -0.4 is 10.6 Å². The van der Waals surface area contributed by atoms with Crippen molar-refractivity contribution in [3.05, 3.63) is 119 Å². The highest BCUT2D eigenvalue weighted by atomic mass is 16.3. The Morgan fingerprint density at radius 2 is 1.57 bits per heavy atom. The lowest BCUT2D eigenvalue weighted by Gasteiger charge is -2.28. The fraction of sp³-hybridized carbons (Fsp3) is 0.161. The number of phenolic OH excluding ortho intramolecular Hbond substituents is 1. The molecule has 9 heteroatoms. The van der Waals surface area contributed by atoms with Crippen LogP contribution in [0.15, 0.2) is 91.1 Å². The lowest BCUT2D eigenvalue weighted by molar-refractivity contribution is -0.118. The first-order valence-electron chi connectivity index (χ1n) is 12.9. The van der Waals surface area contributed by atoms with Gasteiger partial charge in [-0.1, -0.05) is 60.7 Å². The summed E-state index contributed by atoms with van der Waals surface area (Å²) in [6.45, 7) is 3.74. The van der Waals surface area contributed by atoms with Crippen molar-refractivity contribution in [1.82, 2.24) is 25.3 Å². The third kappa shape index (κ3) is 5.35. The monoisotopic (exact) mass is 534 g/mol. The van der Waals surface area contributed by atoms with E-state index >= 15 is 0 Å². The van der Waals surface area contributed by atoms with Crippen LogP contribution in [0.3, 0.4) is 0 Å². The molecule has 0 unspecified atom stereocenters. The van der Waals surface area contributed by atoms with Gasteiger partial charge in [0.1, 0.15) is 17.5 Å². The van der Waals surface area contributed by atoms with Gasteiger partial charge in [0.05, 0.1) is 5.69 Å². The maximum Gasteiger partial charge on any atom is 0.270 e. The number of carbonyl (C=O) groups is 2. The zero-order valence-electron chi connectivity index (χ0n) is 22.4. The molecule has 1 atom stereocenters. The van der Waals surface area contributed by atoms with Gasteiger partial charge >= 0.3 is 0 Å². The van der Waals surface area contributed by atoms with Crippen molar-refractivity contribution in [3.8, 4) is 16.9 Å². The van der Waals surface area contributed by atoms with Gasteiger partial charge in [-0.3, -0.25) is 19.4 Å². The van der Waals surface area contributed by atoms with E-state index in [1.54, 1.807) is 25.2 Å². The number of aryl methyl sites for hydroxylation is 3. The second-order valence-corrected chi connectivity index (χ2v) is 9.62. The number of aromatic nitrogens is 4. The molecule has 0 spiro atoms. The number of amides is 2. The van der Waals surface area contributed by atoms with E-state index < -0.39 is 23.8 Å². The van der Waals surface area contributed by atoms with E-state index in [0.29, 0.717) is 16.9 Å². The molecule has 0 fully saturated rings. The summed E-state index contributed by atoms with van der Waals surface area (Å²) in [7, 11) is 1.67. The molecule has 0 saturated heterocycles. The molecule has 0 bridgehead atoms. The molecular weight excluding hydrogens is 504 g/mol. The fourth-order valence-electron chi connectivity index (χ4n) is 5.00. The number of benzene rings is 3. The number of nitrogens with one attached hydrogen (secondary N) is 3. The number of hydrogen-bond acceptors (Lipinski definition) is 5. The van der Waals surface area contributed by atoms with E-state index in [1.807, 2.05) is 74.5 Å². The van der Waals surface area contributed by atoms with Gasteiger partial charge in [0.15, 0.2) is 0 Å². The zero-order chi connectivity index (χ0) is 28.2. The van der Waals surface area contributed by atoms with E-state index in [2.05, 4.69) is 25.9 Å². The van der Waals surface area contributed by atoms with E-state index in [4.69, 9.17) is 0 Å². The number of anilines is 1. The van der Waals surface area contributed by atoms with Crippen LogP contribution >= 0.6 is 0 Å². The Balaban J connectivity index is 1.52. The van der Waals surface area contributed by atoms with Crippen molar-refractivity contribution in [3.63, 3.8) is 0 Å². The van der Waals surface area contributed by atoms with E-state index in [9.17, 15) is 14.7 Å². The molecule has 0 saturated carbocycles. The van der Waals surface area contributed by atoms with Crippen molar-refractivity contribution >= 4 is 17.5 Å². The van der Waals surface area contributed by atoms with Crippen molar-refractivity contribution in [2.75, 3.05) is 5.32 Å². The molecule has 0 radical (unpaired) electrons. The number of phenols is 1. The first kappa shape index (κ1) is 26.4. The Labute approximate surface area is 231 Å². The lowest BCUT2D eigenvalue weighted by Crippen LogP contribution is -2.48. The summed E-state index contributed by atoms with van der Waals surface area (Å²) in [5, 5.41) is 27.9. The maximum absolute atomic E-state index is 14.0. The van der Waals surface area contributed by atoms with Crippen molar-refractivity contribution in [2.24, 2.45) is 7.05 Å². The summed E-state index contributed by atoms with van der Waals surface area (Å²) in [6, 6.07) is 24.7. The van der Waals surface area contributed by atoms with Gasteiger partial charge in [-0.05, 0) is 43.2 Å². The summed E-state index contributed by atoms with van der Waals surface area (Å²) >= 11 is 0. The smallest absolute Gasteiger partial charge is 0.270 e. The molecule has 202 valence electrons. The number of rotatable bonds is 8.